The first-order valence-corrected chi connectivity index (χ1v) is 10.4. The molecule has 2 aromatic heterocycles. The number of nitrogens with zero attached hydrogens (tertiary/aromatic N) is 4. The summed E-state index contributed by atoms with van der Waals surface area (Å²) < 4.78 is 16.5. The highest BCUT2D eigenvalue weighted by atomic mass is 19.1. The number of aryl methyl sites for hydroxylation is 1. The van der Waals surface area contributed by atoms with Gasteiger partial charge in [0.2, 0.25) is 0 Å². The molecule has 0 radical (unpaired) electrons. The van der Waals surface area contributed by atoms with Gasteiger partial charge in [-0.25, -0.2) is 9.07 Å². The number of aromatic nitrogens is 3. The lowest BCUT2D eigenvalue weighted by molar-refractivity contribution is 0.0930. The van der Waals surface area contributed by atoms with Crippen LogP contribution in [-0.2, 0) is 14.1 Å². The molecule has 1 fully saturated rings. The Morgan fingerprint density at radius 3 is 2.42 bits per heavy atom. The Kier molecular flexibility index (Phi) is 5.63. The number of carbonyl (C=O) groups is 1. The third kappa shape index (κ3) is 4.23. The summed E-state index contributed by atoms with van der Waals surface area (Å²) >= 11 is 0. The van der Waals surface area contributed by atoms with Gasteiger partial charge in [-0.05, 0) is 61.7 Å². The van der Waals surface area contributed by atoms with Crippen LogP contribution in [0.2, 0.25) is 0 Å². The van der Waals surface area contributed by atoms with Gasteiger partial charge in [0, 0.05) is 50.7 Å². The summed E-state index contributed by atoms with van der Waals surface area (Å²) in [4.78, 5) is 26.6. The van der Waals surface area contributed by atoms with E-state index in [1.165, 1.54) is 22.9 Å². The normalized spacial score (nSPS) is 14.6. The van der Waals surface area contributed by atoms with Gasteiger partial charge in [0.25, 0.3) is 11.5 Å². The number of rotatable bonds is 4. The second-order valence-corrected chi connectivity index (χ2v) is 7.98. The number of piperidine rings is 1. The predicted molar refractivity (Wildman–Crippen MR) is 118 cm³/mol. The summed E-state index contributed by atoms with van der Waals surface area (Å²) in [5.74, 6) is 0.391. The van der Waals surface area contributed by atoms with Crippen LogP contribution in [0.1, 0.15) is 28.9 Å². The Morgan fingerprint density at radius 2 is 1.77 bits per heavy atom. The average Bonchev–Trinajstić information content (AvgIpc) is 3.06. The van der Waals surface area contributed by atoms with Gasteiger partial charge in [0.1, 0.15) is 11.6 Å². The molecular weight excluding hydrogens is 397 g/mol. The summed E-state index contributed by atoms with van der Waals surface area (Å²) in [7, 11) is 3.55. The first-order chi connectivity index (χ1) is 14.8. The smallest absolute Gasteiger partial charge is 0.266 e. The van der Waals surface area contributed by atoms with Gasteiger partial charge >= 0.3 is 0 Å². The molecule has 8 heteroatoms. The average molecular weight is 423 g/mol. The number of benzene rings is 1. The van der Waals surface area contributed by atoms with E-state index in [0.717, 1.165) is 48.7 Å². The molecule has 0 aliphatic carbocycles. The third-order valence-electron chi connectivity index (χ3n) is 6.02. The van der Waals surface area contributed by atoms with E-state index in [-0.39, 0.29) is 23.3 Å². The van der Waals surface area contributed by atoms with Crippen molar-refractivity contribution in [2.24, 2.45) is 14.1 Å². The van der Waals surface area contributed by atoms with Crippen molar-refractivity contribution < 1.29 is 9.18 Å². The lowest BCUT2D eigenvalue weighted by Gasteiger charge is -2.33. The zero-order valence-electron chi connectivity index (χ0n) is 17.9. The summed E-state index contributed by atoms with van der Waals surface area (Å²) in [6, 6.07) is 11.5. The molecule has 0 spiro atoms. The molecule has 1 N–H and O–H groups in total. The monoisotopic (exact) mass is 423 g/mol. The van der Waals surface area contributed by atoms with E-state index in [4.69, 9.17) is 0 Å². The third-order valence-corrected chi connectivity index (χ3v) is 6.02. The Labute approximate surface area is 180 Å². The van der Waals surface area contributed by atoms with Crippen LogP contribution in [0.15, 0.2) is 47.3 Å². The minimum Gasteiger partial charge on any atom is -0.355 e. The fourth-order valence-electron chi connectivity index (χ4n) is 4.00. The van der Waals surface area contributed by atoms with Crippen molar-refractivity contribution in [1.82, 2.24) is 19.7 Å². The van der Waals surface area contributed by atoms with Gasteiger partial charge in [0.15, 0.2) is 0 Å². The molecule has 7 nitrogen and oxygen atoms in total. The van der Waals surface area contributed by atoms with Crippen molar-refractivity contribution in [2.45, 2.75) is 25.8 Å². The van der Waals surface area contributed by atoms with Crippen LogP contribution in [0, 0.1) is 12.7 Å². The van der Waals surface area contributed by atoms with Gasteiger partial charge in [0.05, 0.1) is 5.56 Å². The van der Waals surface area contributed by atoms with Crippen molar-refractivity contribution >= 4 is 11.7 Å². The molecule has 1 amide bonds. The second-order valence-electron chi connectivity index (χ2n) is 7.98. The van der Waals surface area contributed by atoms with Gasteiger partial charge in [-0.3, -0.25) is 9.59 Å². The predicted octanol–water partition coefficient (Wildman–Crippen LogP) is 2.63. The number of hydrogen-bond donors (Lipinski definition) is 1. The zero-order chi connectivity index (χ0) is 22.1. The van der Waals surface area contributed by atoms with Crippen LogP contribution in [0.5, 0.6) is 0 Å². The van der Waals surface area contributed by atoms with Crippen LogP contribution in [0.3, 0.4) is 0 Å². The van der Waals surface area contributed by atoms with E-state index >= 15 is 0 Å². The lowest BCUT2D eigenvalue weighted by Crippen LogP contribution is -2.45. The van der Waals surface area contributed by atoms with Crippen LogP contribution in [-0.4, -0.2) is 39.4 Å². The molecule has 1 aromatic carbocycles. The van der Waals surface area contributed by atoms with Crippen molar-refractivity contribution in [3.05, 3.63) is 69.9 Å². The topological polar surface area (TPSA) is 72.2 Å². The van der Waals surface area contributed by atoms with Crippen molar-refractivity contribution in [3.63, 3.8) is 0 Å². The Balaban J connectivity index is 1.42. The Bertz CT molecular complexity index is 1160. The first kappa shape index (κ1) is 20.8. The van der Waals surface area contributed by atoms with Crippen molar-refractivity contribution in [1.29, 1.82) is 0 Å². The van der Waals surface area contributed by atoms with E-state index in [9.17, 15) is 14.0 Å². The van der Waals surface area contributed by atoms with Gasteiger partial charge in [-0.15, -0.1) is 0 Å². The molecule has 4 rings (SSSR count). The number of amides is 1. The molecule has 31 heavy (non-hydrogen) atoms. The first-order valence-electron chi connectivity index (χ1n) is 10.4. The van der Waals surface area contributed by atoms with Gasteiger partial charge in [-0.2, -0.15) is 5.10 Å². The molecule has 1 aliphatic heterocycles. The number of carbonyl (C=O) groups excluding carboxylic acids is 1. The fraction of sp³-hybridized carbons (Fsp3) is 0.348. The molecule has 3 heterocycles. The van der Waals surface area contributed by atoms with E-state index in [1.807, 2.05) is 24.6 Å². The molecule has 0 atom stereocenters. The fourth-order valence-corrected chi connectivity index (χ4v) is 4.00. The summed E-state index contributed by atoms with van der Waals surface area (Å²) in [6.45, 7) is 3.42. The van der Waals surface area contributed by atoms with E-state index in [0.29, 0.717) is 5.56 Å². The Morgan fingerprint density at radius 1 is 1.10 bits per heavy atom. The van der Waals surface area contributed by atoms with E-state index in [2.05, 4.69) is 15.3 Å². The number of hydrogen-bond acceptors (Lipinski definition) is 4. The van der Waals surface area contributed by atoms with Crippen LogP contribution in [0.4, 0.5) is 10.2 Å². The number of nitrogens with one attached hydrogen (secondary N) is 1. The molecule has 3 aromatic rings. The molecule has 1 saturated heterocycles. The standard InChI is InChI=1S/C23H26FN5O2/c1-15-19(14-20(27(15)2)16-4-6-17(24)7-5-16)23(31)25-18-10-12-29(13-11-18)21-8-9-22(30)28(3)26-21/h4-9,14,18H,10-13H2,1-3H3,(H,25,31). The molecule has 1 aliphatic rings. The quantitative estimate of drug-likeness (QED) is 0.700. The summed E-state index contributed by atoms with van der Waals surface area (Å²) in [5.41, 5.74) is 3.10. The minimum absolute atomic E-state index is 0.0742. The minimum atomic E-state index is -0.285. The van der Waals surface area contributed by atoms with Gasteiger partial charge < -0.3 is 14.8 Å². The number of anilines is 1. The van der Waals surface area contributed by atoms with Crippen LogP contribution >= 0.6 is 0 Å². The maximum atomic E-state index is 13.3. The van der Waals surface area contributed by atoms with Crippen LogP contribution in [0.25, 0.3) is 11.3 Å². The molecular formula is C23H26FN5O2. The largest absolute Gasteiger partial charge is 0.355 e. The molecule has 0 saturated carbocycles. The maximum absolute atomic E-state index is 13.3. The summed E-state index contributed by atoms with van der Waals surface area (Å²) in [5, 5.41) is 7.46. The Hall–Kier alpha value is -3.42. The maximum Gasteiger partial charge on any atom is 0.266 e. The zero-order valence-corrected chi connectivity index (χ0v) is 17.9. The van der Waals surface area contributed by atoms with E-state index < -0.39 is 0 Å². The molecule has 0 bridgehead atoms. The van der Waals surface area contributed by atoms with Gasteiger partial charge in [-0.1, -0.05) is 0 Å². The number of halogens is 1. The summed E-state index contributed by atoms with van der Waals surface area (Å²) in [6.07, 6.45) is 1.60. The van der Waals surface area contributed by atoms with Crippen molar-refractivity contribution in [3.8, 4) is 11.3 Å². The highest BCUT2D eigenvalue weighted by molar-refractivity contribution is 5.97. The lowest BCUT2D eigenvalue weighted by atomic mass is 10.0. The van der Waals surface area contributed by atoms with Crippen LogP contribution < -0.4 is 15.8 Å². The highest BCUT2D eigenvalue weighted by Crippen LogP contribution is 2.25. The SMILES string of the molecule is Cc1c(C(=O)NC2CCN(c3ccc(=O)n(C)n3)CC2)cc(-c2ccc(F)cc2)n1C. The molecule has 0 unspecified atom stereocenters. The van der Waals surface area contributed by atoms with E-state index in [1.54, 1.807) is 25.2 Å². The molecule has 162 valence electrons. The van der Waals surface area contributed by atoms with Crippen molar-refractivity contribution in [2.75, 3.05) is 18.0 Å². The highest BCUT2D eigenvalue weighted by Gasteiger charge is 2.24. The second kappa shape index (κ2) is 8.37.